The molecule has 1 N–H and O–H groups in total. The van der Waals surface area contributed by atoms with Gasteiger partial charge in [-0.3, -0.25) is 9.36 Å². The second-order valence-corrected chi connectivity index (χ2v) is 9.59. The molecule has 0 amide bonds. The summed E-state index contributed by atoms with van der Waals surface area (Å²) in [6.45, 7) is 2.11. The van der Waals surface area contributed by atoms with Crippen molar-refractivity contribution < 1.29 is 9.90 Å². The Morgan fingerprint density at radius 2 is 1.88 bits per heavy atom. The Balaban J connectivity index is 1.26. The smallest absolute Gasteiger partial charge is 0.236 e. The topological polar surface area (TPSA) is 87.4 Å². The number of ketones is 1. The zero-order valence-corrected chi connectivity index (χ0v) is 19.8. The standard InChI is InChI=1S/C25H29ClN6O2/c26-19-4-6-20(7-5-19)30-14-9-25(34,10-15-30)22(33)17-21-3-1-2-13-32(21)23-8-11-28-24(29-23)31-16-12-27-18-31/h4-8,11-12,16,18,21,34H,1-3,9-10,13-15,17H2. The second-order valence-electron chi connectivity index (χ2n) is 9.15. The molecule has 5 rings (SSSR count). The lowest BCUT2D eigenvalue weighted by molar-refractivity contribution is -0.139. The molecule has 0 radical (unpaired) electrons. The van der Waals surface area contributed by atoms with Crippen LogP contribution in [0.5, 0.6) is 0 Å². The van der Waals surface area contributed by atoms with Crippen molar-refractivity contribution in [3.63, 3.8) is 0 Å². The van der Waals surface area contributed by atoms with Crippen molar-refractivity contribution in [2.45, 2.75) is 50.2 Å². The molecule has 2 aliphatic rings. The van der Waals surface area contributed by atoms with E-state index in [-0.39, 0.29) is 11.8 Å². The minimum absolute atomic E-state index is 0.0186. The van der Waals surface area contributed by atoms with E-state index in [2.05, 4.69) is 19.8 Å². The first-order chi connectivity index (χ1) is 16.5. The molecule has 0 aliphatic carbocycles. The van der Waals surface area contributed by atoms with Gasteiger partial charge in [-0.05, 0) is 49.6 Å². The predicted octanol–water partition coefficient (Wildman–Crippen LogP) is 3.67. The fraction of sp³-hybridized carbons (Fsp3) is 0.440. The van der Waals surface area contributed by atoms with E-state index in [9.17, 15) is 9.90 Å². The number of aliphatic hydroxyl groups is 1. The molecule has 0 spiro atoms. The summed E-state index contributed by atoms with van der Waals surface area (Å²) < 4.78 is 1.77. The van der Waals surface area contributed by atoms with Crippen LogP contribution in [-0.4, -0.2) is 61.7 Å². The van der Waals surface area contributed by atoms with Gasteiger partial charge in [-0.2, -0.15) is 4.98 Å². The highest BCUT2D eigenvalue weighted by Gasteiger charge is 2.41. The van der Waals surface area contributed by atoms with Crippen LogP contribution in [-0.2, 0) is 4.79 Å². The number of piperidine rings is 2. The van der Waals surface area contributed by atoms with Gasteiger partial charge < -0.3 is 14.9 Å². The number of anilines is 2. The van der Waals surface area contributed by atoms with Crippen LogP contribution in [0.15, 0.2) is 55.2 Å². The lowest BCUT2D eigenvalue weighted by Gasteiger charge is -2.41. The number of aromatic nitrogens is 4. The number of halogens is 1. The van der Waals surface area contributed by atoms with E-state index in [4.69, 9.17) is 16.6 Å². The van der Waals surface area contributed by atoms with Gasteiger partial charge >= 0.3 is 0 Å². The van der Waals surface area contributed by atoms with Gasteiger partial charge in [0, 0.05) is 74.2 Å². The monoisotopic (exact) mass is 480 g/mol. The highest BCUT2D eigenvalue weighted by atomic mass is 35.5. The largest absolute Gasteiger partial charge is 0.382 e. The molecule has 2 fully saturated rings. The van der Waals surface area contributed by atoms with E-state index >= 15 is 0 Å². The number of hydrogen-bond donors (Lipinski definition) is 1. The first-order valence-electron chi connectivity index (χ1n) is 11.9. The second kappa shape index (κ2) is 9.72. The normalized spacial score (nSPS) is 20.4. The molecule has 0 bridgehead atoms. The molecule has 2 aromatic heterocycles. The van der Waals surface area contributed by atoms with E-state index in [0.29, 0.717) is 43.3 Å². The van der Waals surface area contributed by atoms with Crippen molar-refractivity contribution in [2.75, 3.05) is 29.4 Å². The number of carbonyl (C=O) groups excluding carboxylic acids is 1. The molecule has 1 atom stereocenters. The van der Waals surface area contributed by atoms with Crippen LogP contribution in [0.3, 0.4) is 0 Å². The number of nitrogens with zero attached hydrogens (tertiary/aromatic N) is 6. The van der Waals surface area contributed by atoms with Gasteiger partial charge in [0.05, 0.1) is 0 Å². The Morgan fingerprint density at radius 1 is 1.09 bits per heavy atom. The Bertz CT molecular complexity index is 1110. The molecule has 8 nitrogen and oxygen atoms in total. The molecule has 2 aliphatic heterocycles. The van der Waals surface area contributed by atoms with Crippen LogP contribution < -0.4 is 9.80 Å². The number of Topliss-reactive ketones (excluding diaryl/α,β-unsaturated/α-hetero) is 1. The van der Waals surface area contributed by atoms with Gasteiger partial charge in [-0.15, -0.1) is 0 Å². The number of benzene rings is 1. The van der Waals surface area contributed by atoms with Crippen LogP contribution >= 0.6 is 11.6 Å². The highest BCUT2D eigenvalue weighted by molar-refractivity contribution is 6.30. The van der Waals surface area contributed by atoms with Crippen molar-refractivity contribution in [3.05, 3.63) is 60.3 Å². The van der Waals surface area contributed by atoms with Crippen molar-refractivity contribution in [1.82, 2.24) is 19.5 Å². The molecule has 1 unspecified atom stereocenters. The summed E-state index contributed by atoms with van der Waals surface area (Å²) in [5.41, 5.74) is -0.213. The Morgan fingerprint density at radius 3 is 2.62 bits per heavy atom. The lowest BCUT2D eigenvalue weighted by Crippen LogP contribution is -2.52. The Kier molecular flexibility index (Phi) is 6.52. The molecule has 9 heteroatoms. The van der Waals surface area contributed by atoms with Gasteiger partial charge in [-0.1, -0.05) is 11.6 Å². The number of carbonyl (C=O) groups is 1. The molecule has 178 valence electrons. The highest BCUT2D eigenvalue weighted by Crippen LogP contribution is 2.32. The summed E-state index contributed by atoms with van der Waals surface area (Å²) in [7, 11) is 0. The summed E-state index contributed by atoms with van der Waals surface area (Å²) in [6.07, 6.45) is 11.1. The van der Waals surface area contributed by atoms with Crippen molar-refractivity contribution in [3.8, 4) is 5.95 Å². The van der Waals surface area contributed by atoms with Gasteiger partial charge in [-0.25, -0.2) is 9.97 Å². The lowest BCUT2D eigenvalue weighted by atomic mass is 9.83. The van der Waals surface area contributed by atoms with E-state index in [1.54, 1.807) is 23.3 Å². The zero-order chi connectivity index (χ0) is 23.5. The summed E-state index contributed by atoms with van der Waals surface area (Å²) in [5.74, 6) is 1.30. The SMILES string of the molecule is O=C(CC1CCCCN1c1ccnc(-n2ccnc2)n1)C1(O)CCN(c2ccc(Cl)cc2)CC1. The van der Waals surface area contributed by atoms with E-state index < -0.39 is 5.60 Å². The Hall–Kier alpha value is -2.97. The minimum atomic E-state index is -1.28. The van der Waals surface area contributed by atoms with E-state index in [1.807, 2.05) is 36.5 Å². The van der Waals surface area contributed by atoms with Crippen LogP contribution in [0.25, 0.3) is 5.95 Å². The van der Waals surface area contributed by atoms with Gasteiger partial charge in [0.2, 0.25) is 5.95 Å². The van der Waals surface area contributed by atoms with Crippen molar-refractivity contribution in [2.24, 2.45) is 0 Å². The van der Waals surface area contributed by atoms with Crippen LogP contribution in [0.2, 0.25) is 5.02 Å². The number of imidazole rings is 1. The van der Waals surface area contributed by atoms with Gasteiger partial charge in [0.1, 0.15) is 17.7 Å². The van der Waals surface area contributed by atoms with Crippen LogP contribution in [0, 0.1) is 0 Å². The van der Waals surface area contributed by atoms with E-state index in [0.717, 1.165) is 37.3 Å². The summed E-state index contributed by atoms with van der Waals surface area (Å²) in [6, 6.07) is 9.60. The van der Waals surface area contributed by atoms with Crippen LogP contribution in [0.4, 0.5) is 11.5 Å². The average molecular weight is 481 g/mol. The summed E-state index contributed by atoms with van der Waals surface area (Å²) in [4.78, 5) is 30.9. The molecular formula is C25H29ClN6O2. The predicted molar refractivity (Wildman–Crippen MR) is 132 cm³/mol. The Labute approximate surface area is 204 Å². The van der Waals surface area contributed by atoms with Crippen molar-refractivity contribution >= 4 is 28.9 Å². The quantitative estimate of drug-likeness (QED) is 0.576. The third-order valence-corrected chi connectivity index (χ3v) is 7.26. The zero-order valence-electron chi connectivity index (χ0n) is 19.1. The maximum atomic E-state index is 13.3. The summed E-state index contributed by atoms with van der Waals surface area (Å²) in [5, 5.41) is 12.0. The fourth-order valence-electron chi connectivity index (χ4n) is 4.98. The minimum Gasteiger partial charge on any atom is -0.382 e. The molecular weight excluding hydrogens is 452 g/mol. The molecule has 0 saturated carbocycles. The number of rotatable bonds is 6. The molecule has 1 aromatic carbocycles. The fourth-order valence-corrected chi connectivity index (χ4v) is 5.11. The van der Waals surface area contributed by atoms with E-state index in [1.165, 1.54) is 0 Å². The number of hydrogen-bond acceptors (Lipinski definition) is 7. The van der Waals surface area contributed by atoms with Gasteiger partial charge in [0.15, 0.2) is 5.78 Å². The maximum absolute atomic E-state index is 13.3. The van der Waals surface area contributed by atoms with Crippen LogP contribution in [0.1, 0.15) is 38.5 Å². The third-order valence-electron chi connectivity index (χ3n) is 7.01. The third kappa shape index (κ3) is 4.79. The summed E-state index contributed by atoms with van der Waals surface area (Å²) >= 11 is 6.00. The average Bonchev–Trinajstić information content (AvgIpc) is 3.41. The molecule has 34 heavy (non-hydrogen) atoms. The molecule has 3 aromatic rings. The van der Waals surface area contributed by atoms with Crippen molar-refractivity contribution in [1.29, 1.82) is 0 Å². The molecule has 4 heterocycles. The molecule has 2 saturated heterocycles. The van der Waals surface area contributed by atoms with Gasteiger partial charge in [0.25, 0.3) is 0 Å². The maximum Gasteiger partial charge on any atom is 0.236 e. The first kappa shape index (κ1) is 22.8. The first-order valence-corrected chi connectivity index (χ1v) is 12.2.